The van der Waals surface area contributed by atoms with Crippen LogP contribution in [0, 0.1) is 0 Å². The molecule has 0 saturated carbocycles. The normalized spacial score (nSPS) is 16.9. The second-order valence-electron chi connectivity index (χ2n) is 12.6. The molecule has 1 aliphatic heterocycles. The lowest BCUT2D eigenvalue weighted by atomic mass is 9.77. The first-order valence-corrected chi connectivity index (χ1v) is 17.5. The van der Waals surface area contributed by atoms with Crippen LogP contribution in [-0.4, -0.2) is 56.5 Å². The van der Waals surface area contributed by atoms with Crippen molar-refractivity contribution in [2.24, 2.45) is 0 Å². The number of nitrogens with zero attached hydrogens (tertiary/aromatic N) is 1. The summed E-state index contributed by atoms with van der Waals surface area (Å²) >= 11 is 0. The van der Waals surface area contributed by atoms with Crippen LogP contribution in [-0.2, 0) is 18.8 Å². The molecule has 40 heavy (non-hydrogen) atoms. The Bertz CT molecular complexity index is 1360. The fourth-order valence-corrected chi connectivity index (χ4v) is 5.05. The number of ether oxygens (including phenoxy) is 1. The predicted molar refractivity (Wildman–Crippen MR) is 163 cm³/mol. The molecular weight excluding hydrogens is 521 g/mol. The summed E-state index contributed by atoms with van der Waals surface area (Å²) in [5, 5.41) is 7.78. The number of benzene rings is 2. The highest BCUT2D eigenvalue weighted by Crippen LogP contribution is 2.36. The number of aromatic nitrogens is 1. The topological polar surface area (TPSA) is 98.8 Å². The van der Waals surface area contributed by atoms with Gasteiger partial charge in [-0.05, 0) is 68.4 Å². The molecule has 0 aliphatic carbocycles. The Hall–Kier alpha value is -3.21. The minimum atomic E-state index is -1.34. The van der Waals surface area contributed by atoms with Crippen LogP contribution in [0.25, 0.3) is 10.8 Å². The lowest BCUT2D eigenvalue weighted by Crippen LogP contribution is -2.41. The number of hydrogen-bond acceptors (Lipinski definition) is 6. The lowest BCUT2D eigenvalue weighted by molar-refractivity contribution is -0.117. The van der Waals surface area contributed by atoms with E-state index in [1.54, 1.807) is 12.4 Å². The van der Waals surface area contributed by atoms with Crippen LogP contribution in [0.3, 0.4) is 0 Å². The zero-order valence-electron chi connectivity index (χ0n) is 24.5. The molecule has 2 aromatic carbocycles. The summed E-state index contributed by atoms with van der Waals surface area (Å²) in [4.78, 5) is 30.3. The number of pyridine rings is 1. The van der Waals surface area contributed by atoms with Gasteiger partial charge < -0.3 is 24.7 Å². The first-order chi connectivity index (χ1) is 18.7. The fourth-order valence-electron chi connectivity index (χ4n) is 4.34. The van der Waals surface area contributed by atoms with E-state index in [-0.39, 0.29) is 12.5 Å². The SMILES string of the molecule is CC1(C)OB(c2cccc(C(CNC(=O)OCC[Si](C)(C)C)C(=O)Nc3ccc4cnccc4c3)c2)OC1(C)C. The fraction of sp³-hybridized carbons (Fsp3) is 0.433. The molecule has 1 atom stereocenters. The van der Waals surface area contributed by atoms with Crippen LogP contribution < -0.4 is 16.1 Å². The van der Waals surface area contributed by atoms with Gasteiger partial charge in [0.05, 0.1) is 23.7 Å². The molecule has 0 spiro atoms. The van der Waals surface area contributed by atoms with Crippen LogP contribution in [0.4, 0.5) is 10.5 Å². The number of rotatable bonds is 9. The number of anilines is 1. The van der Waals surface area contributed by atoms with E-state index in [1.807, 2.05) is 76.2 Å². The maximum Gasteiger partial charge on any atom is 0.494 e. The van der Waals surface area contributed by atoms with Gasteiger partial charge in [-0.2, -0.15) is 0 Å². The summed E-state index contributed by atoms with van der Waals surface area (Å²) in [7, 11) is -1.91. The highest BCUT2D eigenvalue weighted by molar-refractivity contribution is 6.76. The average molecular weight is 562 g/mol. The molecule has 8 nitrogen and oxygen atoms in total. The van der Waals surface area contributed by atoms with Gasteiger partial charge in [0.1, 0.15) is 0 Å². The maximum atomic E-state index is 13.7. The molecular formula is C30H40BN3O5Si. The van der Waals surface area contributed by atoms with Crippen LogP contribution in [0.1, 0.15) is 39.2 Å². The van der Waals surface area contributed by atoms with Crippen molar-refractivity contribution in [2.75, 3.05) is 18.5 Å². The second-order valence-corrected chi connectivity index (χ2v) is 18.2. The van der Waals surface area contributed by atoms with Crippen molar-refractivity contribution in [3.63, 3.8) is 0 Å². The minimum Gasteiger partial charge on any atom is -0.450 e. The van der Waals surface area contributed by atoms with E-state index in [2.05, 4.69) is 35.3 Å². The van der Waals surface area contributed by atoms with E-state index in [1.165, 1.54) is 0 Å². The van der Waals surface area contributed by atoms with Gasteiger partial charge in [-0.1, -0.05) is 50.0 Å². The molecule has 1 aromatic heterocycles. The van der Waals surface area contributed by atoms with Crippen LogP contribution in [0.2, 0.25) is 25.7 Å². The minimum absolute atomic E-state index is 0.0714. The van der Waals surface area contributed by atoms with E-state index in [0.717, 1.165) is 27.8 Å². The molecule has 2 amide bonds. The third kappa shape index (κ3) is 7.30. The van der Waals surface area contributed by atoms with E-state index in [0.29, 0.717) is 12.3 Å². The van der Waals surface area contributed by atoms with Crippen molar-refractivity contribution in [1.82, 2.24) is 10.3 Å². The molecule has 4 rings (SSSR count). The summed E-state index contributed by atoms with van der Waals surface area (Å²) in [6.45, 7) is 15.1. The smallest absolute Gasteiger partial charge is 0.450 e. The van der Waals surface area contributed by atoms with Gasteiger partial charge in [0.15, 0.2) is 0 Å². The van der Waals surface area contributed by atoms with E-state index in [4.69, 9.17) is 14.0 Å². The van der Waals surface area contributed by atoms with Crippen molar-refractivity contribution in [2.45, 2.75) is 70.5 Å². The summed E-state index contributed by atoms with van der Waals surface area (Å²) in [6.07, 6.45) is 2.97. The number of carbonyl (C=O) groups is 2. The summed E-state index contributed by atoms with van der Waals surface area (Å²) < 4.78 is 17.9. The zero-order valence-corrected chi connectivity index (χ0v) is 25.5. The van der Waals surface area contributed by atoms with Gasteiger partial charge >= 0.3 is 13.2 Å². The third-order valence-electron chi connectivity index (χ3n) is 7.60. The standard InChI is InChI=1S/C30H40BN3O5Si/c1-29(2)30(3,4)39-31(38-29)24-10-8-9-22(17-24)26(20-33-28(36)37-15-16-40(5,6)7)27(35)34-25-12-11-23-19-32-14-13-21(23)18-25/h8-14,17-19,26H,15-16,20H2,1-7H3,(H,33,36)(H,34,35). The van der Waals surface area contributed by atoms with Gasteiger partial charge in [0.25, 0.3) is 0 Å². The van der Waals surface area contributed by atoms with Crippen LogP contribution >= 0.6 is 0 Å². The lowest BCUT2D eigenvalue weighted by Gasteiger charge is -2.32. The Labute approximate surface area is 238 Å². The monoisotopic (exact) mass is 561 g/mol. The van der Waals surface area contributed by atoms with E-state index >= 15 is 0 Å². The Balaban J connectivity index is 1.54. The highest BCUT2D eigenvalue weighted by Gasteiger charge is 2.51. The van der Waals surface area contributed by atoms with Gasteiger partial charge in [0.2, 0.25) is 5.91 Å². The number of alkyl carbamates (subject to hydrolysis) is 1. The second kappa shape index (κ2) is 11.7. The molecule has 2 heterocycles. The summed E-state index contributed by atoms with van der Waals surface area (Å²) in [6, 6.07) is 16.0. The van der Waals surface area contributed by atoms with Crippen molar-refractivity contribution < 1.29 is 23.6 Å². The first-order valence-electron chi connectivity index (χ1n) is 13.7. The van der Waals surface area contributed by atoms with Gasteiger partial charge in [0, 0.05) is 38.1 Å². The maximum absolute atomic E-state index is 13.7. The highest BCUT2D eigenvalue weighted by atomic mass is 28.3. The molecule has 10 heteroatoms. The average Bonchev–Trinajstić information content (AvgIpc) is 3.10. The Morgan fingerprint density at radius 3 is 2.42 bits per heavy atom. The predicted octanol–water partition coefficient (Wildman–Crippen LogP) is 5.32. The van der Waals surface area contributed by atoms with Crippen molar-refractivity contribution in [3.05, 3.63) is 66.5 Å². The number of nitrogens with one attached hydrogen (secondary N) is 2. The van der Waals surface area contributed by atoms with E-state index < -0.39 is 38.4 Å². The Morgan fingerprint density at radius 1 is 1.00 bits per heavy atom. The molecule has 2 N–H and O–H groups in total. The van der Waals surface area contributed by atoms with Crippen molar-refractivity contribution in [1.29, 1.82) is 0 Å². The van der Waals surface area contributed by atoms with Gasteiger partial charge in [-0.15, -0.1) is 0 Å². The van der Waals surface area contributed by atoms with Crippen LogP contribution in [0.5, 0.6) is 0 Å². The molecule has 1 aliphatic rings. The number of fused-ring (bicyclic) bond motifs is 1. The third-order valence-corrected chi connectivity index (χ3v) is 9.30. The quantitative estimate of drug-likeness (QED) is 0.343. The van der Waals surface area contributed by atoms with Gasteiger partial charge in [-0.25, -0.2) is 4.79 Å². The van der Waals surface area contributed by atoms with E-state index in [9.17, 15) is 9.59 Å². The van der Waals surface area contributed by atoms with Gasteiger partial charge in [-0.3, -0.25) is 9.78 Å². The molecule has 1 saturated heterocycles. The number of amides is 2. The molecule has 0 radical (unpaired) electrons. The molecule has 0 bridgehead atoms. The largest absolute Gasteiger partial charge is 0.494 e. The van der Waals surface area contributed by atoms with Crippen molar-refractivity contribution in [3.8, 4) is 0 Å². The molecule has 3 aromatic rings. The number of hydrogen-bond donors (Lipinski definition) is 2. The van der Waals surface area contributed by atoms with Crippen molar-refractivity contribution >= 4 is 49.1 Å². The van der Waals surface area contributed by atoms with Crippen LogP contribution in [0.15, 0.2) is 60.9 Å². The Kier molecular flexibility index (Phi) is 8.72. The zero-order chi connectivity index (χ0) is 29.1. The first kappa shape index (κ1) is 29.8. The summed E-state index contributed by atoms with van der Waals surface area (Å²) in [5.74, 6) is -0.929. The number of carbonyl (C=O) groups excluding carboxylic acids is 2. The Morgan fingerprint density at radius 2 is 1.73 bits per heavy atom. The molecule has 1 unspecified atom stereocenters. The molecule has 1 fully saturated rings. The molecule has 212 valence electrons. The summed E-state index contributed by atoms with van der Waals surface area (Å²) in [5.41, 5.74) is 1.23.